The average Bonchev–Trinajstić information content (AvgIpc) is 2.14. The first kappa shape index (κ1) is 9.39. The number of aromatic nitrogens is 2. The first-order valence-corrected chi connectivity index (χ1v) is 2.76. The van der Waals surface area contributed by atoms with E-state index < -0.39 is 0 Å². The zero-order valence-electron chi connectivity index (χ0n) is 5.87. The molecule has 1 unspecified atom stereocenters. The molecule has 1 aromatic heterocycles. The minimum Gasteiger partial charge on any atom is -0.340 e. The second-order valence-electron chi connectivity index (χ2n) is 1.96. The SMILES string of the molecule is Cc1nc(C(C)N)no1.Cl. The molecule has 0 aliphatic heterocycles. The van der Waals surface area contributed by atoms with Gasteiger partial charge in [0.1, 0.15) is 0 Å². The molecule has 0 bridgehead atoms. The minimum absolute atomic E-state index is 0. The maximum absolute atomic E-state index is 5.44. The molecule has 1 heterocycles. The summed E-state index contributed by atoms with van der Waals surface area (Å²) in [4.78, 5) is 3.91. The van der Waals surface area contributed by atoms with E-state index in [4.69, 9.17) is 5.73 Å². The van der Waals surface area contributed by atoms with Gasteiger partial charge in [-0.3, -0.25) is 0 Å². The van der Waals surface area contributed by atoms with E-state index in [1.54, 1.807) is 6.92 Å². The van der Waals surface area contributed by atoms with Crippen LogP contribution in [-0.2, 0) is 0 Å². The Bertz CT molecular complexity index is 199. The fourth-order valence-corrected chi connectivity index (χ4v) is 0.500. The third-order valence-corrected chi connectivity index (χ3v) is 0.951. The number of hydrogen-bond acceptors (Lipinski definition) is 4. The third kappa shape index (κ3) is 1.97. The van der Waals surface area contributed by atoms with Gasteiger partial charge < -0.3 is 10.3 Å². The molecule has 0 saturated carbocycles. The standard InChI is InChI=1S/C5H9N3O.ClH/c1-3(6)5-7-4(2)9-8-5;/h3H,6H2,1-2H3;1H. The molecule has 0 radical (unpaired) electrons. The Morgan fingerprint density at radius 2 is 2.20 bits per heavy atom. The molecule has 0 saturated heterocycles. The van der Waals surface area contributed by atoms with Crippen molar-refractivity contribution in [2.75, 3.05) is 0 Å². The lowest BCUT2D eigenvalue weighted by atomic mass is 10.3. The third-order valence-electron chi connectivity index (χ3n) is 0.951. The second kappa shape index (κ2) is 3.53. The molecule has 4 nitrogen and oxygen atoms in total. The highest BCUT2D eigenvalue weighted by Gasteiger charge is 2.05. The second-order valence-corrected chi connectivity index (χ2v) is 1.96. The van der Waals surface area contributed by atoms with Crippen LogP contribution >= 0.6 is 12.4 Å². The predicted octanol–water partition coefficient (Wildman–Crippen LogP) is 0.820. The Balaban J connectivity index is 0.000000810. The molecule has 5 heteroatoms. The smallest absolute Gasteiger partial charge is 0.223 e. The number of rotatable bonds is 1. The molecule has 58 valence electrons. The summed E-state index contributed by atoms with van der Waals surface area (Å²) in [6, 6.07) is -0.137. The number of hydrogen-bond donors (Lipinski definition) is 1. The molecule has 0 aliphatic rings. The molecule has 0 spiro atoms. The quantitative estimate of drug-likeness (QED) is 0.666. The predicted molar refractivity (Wildman–Crippen MR) is 38.9 cm³/mol. The number of halogens is 1. The molecule has 1 atom stereocenters. The van der Waals surface area contributed by atoms with Gasteiger partial charge in [-0.2, -0.15) is 4.98 Å². The monoisotopic (exact) mass is 163 g/mol. The van der Waals surface area contributed by atoms with Crippen LogP contribution in [0.15, 0.2) is 4.52 Å². The van der Waals surface area contributed by atoms with Gasteiger partial charge >= 0.3 is 0 Å². The van der Waals surface area contributed by atoms with Gasteiger partial charge in [0.15, 0.2) is 5.82 Å². The molecule has 1 aromatic rings. The normalized spacial score (nSPS) is 12.3. The van der Waals surface area contributed by atoms with Crippen molar-refractivity contribution in [2.45, 2.75) is 19.9 Å². The Morgan fingerprint density at radius 1 is 1.60 bits per heavy atom. The maximum Gasteiger partial charge on any atom is 0.223 e. The van der Waals surface area contributed by atoms with Crippen molar-refractivity contribution in [3.63, 3.8) is 0 Å². The van der Waals surface area contributed by atoms with Crippen molar-refractivity contribution in [3.8, 4) is 0 Å². The van der Waals surface area contributed by atoms with Crippen LogP contribution in [0.5, 0.6) is 0 Å². The van der Waals surface area contributed by atoms with Gasteiger partial charge in [0, 0.05) is 6.92 Å². The van der Waals surface area contributed by atoms with Gasteiger partial charge in [-0.05, 0) is 6.92 Å². The Kier molecular flexibility index (Phi) is 3.32. The molecular weight excluding hydrogens is 154 g/mol. The number of aryl methyl sites for hydroxylation is 1. The van der Waals surface area contributed by atoms with Crippen molar-refractivity contribution in [1.29, 1.82) is 0 Å². The van der Waals surface area contributed by atoms with Crippen LogP contribution in [0, 0.1) is 6.92 Å². The summed E-state index contributed by atoms with van der Waals surface area (Å²) >= 11 is 0. The molecule has 2 N–H and O–H groups in total. The fourth-order valence-electron chi connectivity index (χ4n) is 0.500. The van der Waals surface area contributed by atoms with E-state index >= 15 is 0 Å². The largest absolute Gasteiger partial charge is 0.340 e. The van der Waals surface area contributed by atoms with Crippen LogP contribution in [0.3, 0.4) is 0 Å². The van der Waals surface area contributed by atoms with Crippen molar-refractivity contribution >= 4 is 12.4 Å². The highest BCUT2D eigenvalue weighted by Crippen LogP contribution is 2.02. The average molecular weight is 164 g/mol. The summed E-state index contributed by atoms with van der Waals surface area (Å²) in [6.07, 6.45) is 0. The van der Waals surface area contributed by atoms with Gasteiger partial charge in [-0.1, -0.05) is 5.16 Å². The zero-order chi connectivity index (χ0) is 6.85. The Morgan fingerprint density at radius 3 is 2.40 bits per heavy atom. The molecule has 0 aromatic carbocycles. The van der Waals surface area contributed by atoms with E-state index in [0.29, 0.717) is 11.7 Å². The Hall–Kier alpha value is -0.610. The van der Waals surface area contributed by atoms with E-state index in [-0.39, 0.29) is 18.4 Å². The van der Waals surface area contributed by atoms with Crippen molar-refractivity contribution < 1.29 is 4.52 Å². The highest BCUT2D eigenvalue weighted by molar-refractivity contribution is 5.85. The van der Waals surface area contributed by atoms with Crippen LogP contribution in [0.1, 0.15) is 24.7 Å². The summed E-state index contributed by atoms with van der Waals surface area (Å²) in [7, 11) is 0. The van der Waals surface area contributed by atoms with Gasteiger partial charge in [-0.25, -0.2) is 0 Å². The molecular formula is C5H10ClN3O. The highest BCUT2D eigenvalue weighted by atomic mass is 35.5. The van der Waals surface area contributed by atoms with Crippen LogP contribution in [0.4, 0.5) is 0 Å². The van der Waals surface area contributed by atoms with Gasteiger partial charge in [0.25, 0.3) is 0 Å². The first-order valence-electron chi connectivity index (χ1n) is 2.76. The number of nitrogens with zero attached hydrogens (tertiary/aromatic N) is 2. The number of nitrogens with two attached hydrogens (primary N) is 1. The molecule has 0 fully saturated rings. The fraction of sp³-hybridized carbons (Fsp3) is 0.600. The summed E-state index contributed by atoms with van der Waals surface area (Å²) < 4.78 is 4.68. The van der Waals surface area contributed by atoms with Crippen molar-refractivity contribution in [2.24, 2.45) is 5.73 Å². The molecule has 0 aliphatic carbocycles. The molecule has 10 heavy (non-hydrogen) atoms. The lowest BCUT2D eigenvalue weighted by Gasteiger charge is -1.91. The summed E-state index contributed by atoms with van der Waals surface area (Å²) in [5, 5.41) is 3.60. The van der Waals surface area contributed by atoms with Gasteiger partial charge in [-0.15, -0.1) is 12.4 Å². The lowest BCUT2D eigenvalue weighted by Crippen LogP contribution is -2.06. The zero-order valence-corrected chi connectivity index (χ0v) is 6.68. The van der Waals surface area contributed by atoms with E-state index in [1.165, 1.54) is 0 Å². The van der Waals surface area contributed by atoms with Crippen LogP contribution in [-0.4, -0.2) is 10.1 Å². The maximum atomic E-state index is 5.44. The summed E-state index contributed by atoms with van der Waals surface area (Å²) in [5.74, 6) is 1.12. The van der Waals surface area contributed by atoms with Crippen molar-refractivity contribution in [3.05, 3.63) is 11.7 Å². The van der Waals surface area contributed by atoms with E-state index in [0.717, 1.165) is 0 Å². The van der Waals surface area contributed by atoms with Crippen molar-refractivity contribution in [1.82, 2.24) is 10.1 Å². The van der Waals surface area contributed by atoms with E-state index in [9.17, 15) is 0 Å². The van der Waals surface area contributed by atoms with Gasteiger partial charge in [0.2, 0.25) is 5.89 Å². The summed E-state index contributed by atoms with van der Waals surface area (Å²) in [5.41, 5.74) is 5.44. The van der Waals surface area contributed by atoms with Crippen LogP contribution in [0.25, 0.3) is 0 Å². The van der Waals surface area contributed by atoms with E-state index in [1.807, 2.05) is 6.92 Å². The molecule has 1 rings (SSSR count). The first-order chi connectivity index (χ1) is 4.20. The van der Waals surface area contributed by atoms with Gasteiger partial charge in [0.05, 0.1) is 6.04 Å². The topological polar surface area (TPSA) is 64.9 Å². The van der Waals surface area contributed by atoms with Crippen LogP contribution < -0.4 is 5.73 Å². The Labute approximate surface area is 65.2 Å². The molecule has 0 amide bonds. The summed E-state index contributed by atoms with van der Waals surface area (Å²) in [6.45, 7) is 3.54. The lowest BCUT2D eigenvalue weighted by molar-refractivity contribution is 0.384. The van der Waals surface area contributed by atoms with Crippen LogP contribution in [0.2, 0.25) is 0 Å². The minimum atomic E-state index is -0.137. The van der Waals surface area contributed by atoms with E-state index in [2.05, 4.69) is 14.7 Å².